The Labute approximate surface area is 200 Å². The number of amides is 2. The fourth-order valence-corrected chi connectivity index (χ4v) is 5.13. The van der Waals surface area contributed by atoms with Gasteiger partial charge < -0.3 is 14.2 Å². The van der Waals surface area contributed by atoms with E-state index in [-0.39, 0.29) is 11.8 Å². The van der Waals surface area contributed by atoms with E-state index in [0.29, 0.717) is 61.0 Å². The number of rotatable bonds is 6. The Kier molecular flexibility index (Phi) is 7.71. The summed E-state index contributed by atoms with van der Waals surface area (Å²) in [5.74, 6) is 2.59. The molecule has 3 heterocycles. The number of aromatic nitrogens is 1. The summed E-state index contributed by atoms with van der Waals surface area (Å²) in [6, 6.07) is 7.46. The predicted molar refractivity (Wildman–Crippen MR) is 128 cm³/mol. The largest absolute Gasteiger partial charge is 0.441 e. The van der Waals surface area contributed by atoms with Gasteiger partial charge in [0.1, 0.15) is 0 Å². The SMILES string of the molecule is CC1CC(C)CN(C(=O)CN2CCN(C(=O)CCc3ncc(-c4ccccc4Cl)o3)CC2)C1. The van der Waals surface area contributed by atoms with E-state index < -0.39 is 0 Å². The van der Waals surface area contributed by atoms with Crippen molar-refractivity contribution in [3.63, 3.8) is 0 Å². The maximum Gasteiger partial charge on any atom is 0.236 e. The van der Waals surface area contributed by atoms with E-state index in [2.05, 4.69) is 23.7 Å². The Morgan fingerprint density at radius 2 is 1.73 bits per heavy atom. The molecule has 2 aliphatic heterocycles. The predicted octanol–water partition coefficient (Wildman–Crippen LogP) is 3.58. The minimum atomic E-state index is 0.0946. The second-order valence-electron chi connectivity index (χ2n) is 9.50. The van der Waals surface area contributed by atoms with Crippen molar-refractivity contribution in [1.82, 2.24) is 19.7 Å². The molecule has 2 saturated heterocycles. The van der Waals surface area contributed by atoms with E-state index in [1.54, 1.807) is 6.20 Å². The number of piperidine rings is 1. The Balaban J connectivity index is 1.21. The lowest BCUT2D eigenvalue weighted by atomic mass is 9.92. The molecule has 33 heavy (non-hydrogen) atoms. The monoisotopic (exact) mass is 472 g/mol. The quantitative estimate of drug-likeness (QED) is 0.642. The number of oxazole rings is 1. The molecule has 2 aliphatic rings. The average Bonchev–Trinajstić information content (AvgIpc) is 3.26. The van der Waals surface area contributed by atoms with Crippen LogP contribution in [-0.4, -0.2) is 77.3 Å². The van der Waals surface area contributed by atoms with Crippen molar-refractivity contribution in [3.05, 3.63) is 41.4 Å². The van der Waals surface area contributed by atoms with Crippen LogP contribution in [0, 0.1) is 11.8 Å². The molecule has 2 aromatic rings. The summed E-state index contributed by atoms with van der Waals surface area (Å²) in [7, 11) is 0. The van der Waals surface area contributed by atoms with Gasteiger partial charge in [0, 0.05) is 57.7 Å². The van der Waals surface area contributed by atoms with Crippen LogP contribution in [0.1, 0.15) is 32.6 Å². The Bertz CT molecular complexity index is 960. The minimum absolute atomic E-state index is 0.0946. The van der Waals surface area contributed by atoms with Gasteiger partial charge in [0.15, 0.2) is 11.7 Å². The highest BCUT2D eigenvalue weighted by Gasteiger charge is 2.28. The van der Waals surface area contributed by atoms with Gasteiger partial charge in [-0.1, -0.05) is 37.6 Å². The number of nitrogens with zero attached hydrogens (tertiary/aromatic N) is 4. The van der Waals surface area contributed by atoms with Crippen LogP contribution in [-0.2, 0) is 16.0 Å². The number of carbonyl (C=O) groups excluding carboxylic acids is 2. The van der Waals surface area contributed by atoms with Gasteiger partial charge in [-0.05, 0) is 30.4 Å². The number of piperazine rings is 1. The molecule has 178 valence electrons. The second kappa shape index (κ2) is 10.7. The number of halogens is 1. The molecule has 1 aromatic carbocycles. The zero-order valence-electron chi connectivity index (χ0n) is 19.5. The molecule has 7 nitrogen and oxygen atoms in total. The van der Waals surface area contributed by atoms with Crippen molar-refractivity contribution < 1.29 is 14.0 Å². The molecular weight excluding hydrogens is 440 g/mol. The lowest BCUT2D eigenvalue weighted by Crippen LogP contribution is -2.53. The van der Waals surface area contributed by atoms with Gasteiger partial charge >= 0.3 is 0 Å². The van der Waals surface area contributed by atoms with Crippen LogP contribution >= 0.6 is 11.6 Å². The third kappa shape index (κ3) is 6.15. The summed E-state index contributed by atoms with van der Waals surface area (Å²) < 4.78 is 5.81. The first-order valence-electron chi connectivity index (χ1n) is 11.9. The minimum Gasteiger partial charge on any atom is -0.441 e. The molecule has 0 spiro atoms. The molecule has 0 bridgehead atoms. The van der Waals surface area contributed by atoms with Gasteiger partial charge in [0.2, 0.25) is 11.8 Å². The van der Waals surface area contributed by atoms with Crippen LogP contribution in [0.3, 0.4) is 0 Å². The van der Waals surface area contributed by atoms with Crippen molar-refractivity contribution in [2.75, 3.05) is 45.8 Å². The van der Waals surface area contributed by atoms with Crippen molar-refractivity contribution in [2.45, 2.75) is 33.1 Å². The van der Waals surface area contributed by atoms with Gasteiger partial charge in [0.05, 0.1) is 17.8 Å². The summed E-state index contributed by atoms with van der Waals surface area (Å²) in [5.41, 5.74) is 0.795. The maximum absolute atomic E-state index is 12.7. The normalized spacial score (nSPS) is 21.9. The number of likely N-dealkylation sites (tertiary alicyclic amines) is 1. The number of hydrogen-bond donors (Lipinski definition) is 0. The van der Waals surface area contributed by atoms with Gasteiger partial charge in [-0.15, -0.1) is 0 Å². The van der Waals surface area contributed by atoms with Gasteiger partial charge in [0.25, 0.3) is 0 Å². The zero-order valence-corrected chi connectivity index (χ0v) is 20.3. The van der Waals surface area contributed by atoms with E-state index in [1.807, 2.05) is 34.1 Å². The first kappa shape index (κ1) is 23.8. The molecule has 2 amide bonds. The standard InChI is InChI=1S/C25H33ClN4O3/c1-18-13-19(2)16-30(15-18)25(32)17-28-9-11-29(12-10-28)24(31)8-7-23-27-14-22(33-23)20-5-3-4-6-21(20)26/h3-6,14,18-19H,7-13,15-17H2,1-2H3. The molecule has 0 radical (unpaired) electrons. The van der Waals surface area contributed by atoms with Gasteiger partial charge in [-0.25, -0.2) is 4.98 Å². The van der Waals surface area contributed by atoms with Crippen LogP contribution in [0.4, 0.5) is 0 Å². The van der Waals surface area contributed by atoms with Crippen LogP contribution in [0.15, 0.2) is 34.9 Å². The first-order valence-corrected chi connectivity index (χ1v) is 12.2. The van der Waals surface area contributed by atoms with E-state index >= 15 is 0 Å². The molecule has 0 N–H and O–H groups in total. The van der Waals surface area contributed by atoms with Gasteiger partial charge in [-0.3, -0.25) is 14.5 Å². The molecule has 0 saturated carbocycles. The number of benzene rings is 1. The summed E-state index contributed by atoms with van der Waals surface area (Å²) in [4.78, 5) is 35.8. The Morgan fingerprint density at radius 1 is 1.03 bits per heavy atom. The van der Waals surface area contributed by atoms with E-state index in [4.69, 9.17) is 16.0 Å². The van der Waals surface area contributed by atoms with Crippen molar-refractivity contribution in [1.29, 1.82) is 0 Å². The van der Waals surface area contributed by atoms with Crippen molar-refractivity contribution in [2.24, 2.45) is 11.8 Å². The number of hydrogen-bond acceptors (Lipinski definition) is 5. The second-order valence-corrected chi connectivity index (χ2v) is 9.91. The van der Waals surface area contributed by atoms with Crippen molar-refractivity contribution in [3.8, 4) is 11.3 Å². The van der Waals surface area contributed by atoms with Crippen molar-refractivity contribution >= 4 is 23.4 Å². The van der Waals surface area contributed by atoms with E-state index in [1.165, 1.54) is 6.42 Å². The molecule has 8 heteroatoms. The Hall–Kier alpha value is -2.38. The lowest BCUT2D eigenvalue weighted by molar-refractivity contribution is -0.136. The van der Waals surface area contributed by atoms with E-state index in [0.717, 1.165) is 31.7 Å². The molecule has 0 aliphatic carbocycles. The highest BCUT2D eigenvalue weighted by Crippen LogP contribution is 2.28. The smallest absolute Gasteiger partial charge is 0.236 e. The van der Waals surface area contributed by atoms with Crippen LogP contribution in [0.25, 0.3) is 11.3 Å². The van der Waals surface area contributed by atoms with Gasteiger partial charge in [-0.2, -0.15) is 0 Å². The van der Waals surface area contributed by atoms with Crippen LogP contribution in [0.2, 0.25) is 5.02 Å². The lowest BCUT2D eigenvalue weighted by Gasteiger charge is -2.38. The molecule has 2 atom stereocenters. The van der Waals surface area contributed by atoms with E-state index in [9.17, 15) is 9.59 Å². The third-order valence-corrected chi connectivity index (χ3v) is 6.88. The van der Waals surface area contributed by atoms with Crippen LogP contribution < -0.4 is 0 Å². The molecule has 2 unspecified atom stereocenters. The summed E-state index contributed by atoms with van der Waals surface area (Å²) >= 11 is 6.22. The molecule has 1 aromatic heterocycles. The van der Waals surface area contributed by atoms with Crippen LogP contribution in [0.5, 0.6) is 0 Å². The zero-order chi connectivity index (χ0) is 23.4. The fraction of sp³-hybridized carbons (Fsp3) is 0.560. The first-order chi connectivity index (χ1) is 15.9. The molecule has 2 fully saturated rings. The summed E-state index contributed by atoms with van der Waals surface area (Å²) in [6.07, 6.45) is 3.65. The average molecular weight is 473 g/mol. The molecule has 4 rings (SSSR count). The topological polar surface area (TPSA) is 69.9 Å². The summed E-state index contributed by atoms with van der Waals surface area (Å²) in [6.45, 7) is 9.36. The molecular formula is C25H33ClN4O3. The maximum atomic E-state index is 12.7. The number of carbonyl (C=O) groups is 2. The summed E-state index contributed by atoms with van der Waals surface area (Å²) in [5, 5.41) is 0.608. The third-order valence-electron chi connectivity index (χ3n) is 6.55. The Morgan fingerprint density at radius 3 is 2.42 bits per heavy atom. The fourth-order valence-electron chi connectivity index (χ4n) is 4.90. The highest BCUT2D eigenvalue weighted by molar-refractivity contribution is 6.33. The highest BCUT2D eigenvalue weighted by atomic mass is 35.5. The number of aryl methyl sites for hydroxylation is 1.